The van der Waals surface area contributed by atoms with E-state index in [1.807, 2.05) is 53.9 Å². The van der Waals surface area contributed by atoms with Crippen LogP contribution in [0.4, 0.5) is 0 Å². The molecule has 0 bridgehead atoms. The first-order valence-electron chi connectivity index (χ1n) is 9.79. The zero-order valence-electron chi connectivity index (χ0n) is 17.0. The minimum atomic E-state index is -0.152. The van der Waals surface area contributed by atoms with Crippen molar-refractivity contribution in [1.82, 2.24) is 15.2 Å². The van der Waals surface area contributed by atoms with E-state index in [1.165, 1.54) is 16.8 Å². The third-order valence-electron chi connectivity index (χ3n) is 4.91. The summed E-state index contributed by atoms with van der Waals surface area (Å²) in [6.45, 7) is 0. The van der Waals surface area contributed by atoms with Crippen LogP contribution in [0.25, 0.3) is 11.5 Å². The van der Waals surface area contributed by atoms with E-state index in [4.69, 9.17) is 13.6 Å². The fourth-order valence-corrected chi connectivity index (χ4v) is 4.77. The average Bonchev–Trinajstić information content (AvgIpc) is 3.63. The highest BCUT2D eigenvalue weighted by molar-refractivity contribution is 7.99. The third-order valence-corrected chi connectivity index (χ3v) is 6.68. The van der Waals surface area contributed by atoms with Gasteiger partial charge in [-0.05, 0) is 47.8 Å². The van der Waals surface area contributed by atoms with E-state index < -0.39 is 0 Å². The van der Waals surface area contributed by atoms with Crippen LogP contribution in [0.2, 0.25) is 0 Å². The van der Waals surface area contributed by atoms with Crippen LogP contribution in [0.1, 0.15) is 23.1 Å². The number of aromatic nitrogens is 2. The molecule has 10 heteroatoms. The number of benzene rings is 1. The molecular weight excluding hydrogens is 448 g/mol. The normalized spacial score (nSPS) is 15.7. The molecule has 5 rings (SSSR count). The summed E-state index contributed by atoms with van der Waals surface area (Å²) in [6, 6.07) is 14.8. The van der Waals surface area contributed by atoms with E-state index in [9.17, 15) is 4.79 Å². The van der Waals surface area contributed by atoms with Crippen molar-refractivity contribution in [2.75, 3.05) is 12.9 Å². The predicted molar refractivity (Wildman–Crippen MR) is 121 cm³/mol. The maximum atomic E-state index is 13.1. The van der Waals surface area contributed by atoms with Gasteiger partial charge in [-0.2, -0.15) is 5.10 Å². The molecule has 0 N–H and O–H groups in total. The van der Waals surface area contributed by atoms with E-state index in [0.29, 0.717) is 23.3 Å². The maximum absolute atomic E-state index is 13.1. The second-order valence-electron chi connectivity index (χ2n) is 6.89. The second kappa shape index (κ2) is 9.01. The molecule has 1 aromatic carbocycles. The number of thioether (sulfide) groups is 1. The van der Waals surface area contributed by atoms with Gasteiger partial charge in [0.25, 0.3) is 11.1 Å². The van der Waals surface area contributed by atoms with E-state index in [2.05, 4.69) is 15.3 Å². The van der Waals surface area contributed by atoms with Crippen molar-refractivity contribution in [3.63, 3.8) is 0 Å². The predicted octanol–water partition coefficient (Wildman–Crippen LogP) is 4.87. The number of hydrogen-bond acceptors (Lipinski definition) is 9. The van der Waals surface area contributed by atoms with E-state index in [-0.39, 0.29) is 17.7 Å². The first-order chi connectivity index (χ1) is 15.7. The number of nitrogens with zero attached hydrogens (tertiary/aromatic N) is 4. The first kappa shape index (κ1) is 20.5. The lowest BCUT2D eigenvalue weighted by atomic mass is 10.1. The largest absolute Gasteiger partial charge is 0.497 e. The van der Waals surface area contributed by atoms with Crippen LogP contribution in [0.3, 0.4) is 0 Å². The van der Waals surface area contributed by atoms with Gasteiger partial charge >= 0.3 is 0 Å². The van der Waals surface area contributed by atoms with Crippen molar-refractivity contribution in [3.05, 3.63) is 70.8 Å². The molecule has 0 fully saturated rings. The van der Waals surface area contributed by atoms with Crippen LogP contribution in [0.5, 0.6) is 5.75 Å². The molecule has 0 aliphatic carbocycles. The Labute approximate surface area is 191 Å². The lowest BCUT2D eigenvalue weighted by Crippen LogP contribution is -2.28. The van der Waals surface area contributed by atoms with E-state index in [1.54, 1.807) is 24.7 Å². The van der Waals surface area contributed by atoms with Crippen molar-refractivity contribution in [2.45, 2.75) is 17.7 Å². The highest BCUT2D eigenvalue weighted by Crippen LogP contribution is 2.36. The zero-order chi connectivity index (χ0) is 21.9. The molecule has 162 valence electrons. The van der Waals surface area contributed by atoms with Crippen molar-refractivity contribution in [3.8, 4) is 17.2 Å². The summed E-state index contributed by atoms with van der Waals surface area (Å²) in [7, 11) is 1.61. The molecule has 0 spiro atoms. The number of hydrazone groups is 1. The van der Waals surface area contributed by atoms with Gasteiger partial charge in [0.05, 0.1) is 25.2 Å². The average molecular weight is 467 g/mol. The quantitative estimate of drug-likeness (QED) is 0.359. The summed E-state index contributed by atoms with van der Waals surface area (Å²) in [5.74, 6) is 1.79. The lowest BCUT2D eigenvalue weighted by molar-refractivity contribution is -0.130. The van der Waals surface area contributed by atoms with Crippen LogP contribution in [-0.4, -0.2) is 39.7 Å². The van der Waals surface area contributed by atoms with E-state index >= 15 is 0 Å². The minimum Gasteiger partial charge on any atom is -0.497 e. The van der Waals surface area contributed by atoms with Crippen LogP contribution >= 0.6 is 23.1 Å². The number of amides is 1. The van der Waals surface area contributed by atoms with Crippen LogP contribution in [-0.2, 0) is 4.79 Å². The Morgan fingerprint density at radius 3 is 2.81 bits per heavy atom. The summed E-state index contributed by atoms with van der Waals surface area (Å²) in [6.07, 6.45) is 2.21. The first-order valence-corrected chi connectivity index (χ1v) is 11.7. The zero-order valence-corrected chi connectivity index (χ0v) is 18.6. The van der Waals surface area contributed by atoms with Gasteiger partial charge in [-0.15, -0.1) is 21.5 Å². The summed E-state index contributed by atoms with van der Waals surface area (Å²) in [5, 5.41) is 16.6. The van der Waals surface area contributed by atoms with Crippen molar-refractivity contribution in [1.29, 1.82) is 0 Å². The van der Waals surface area contributed by atoms with Gasteiger partial charge in [0.1, 0.15) is 17.2 Å². The topological polar surface area (TPSA) is 94.0 Å². The number of carbonyl (C=O) groups is 1. The molecule has 0 saturated carbocycles. The number of rotatable bonds is 7. The van der Waals surface area contributed by atoms with Crippen LogP contribution in [0.15, 0.2) is 79.3 Å². The highest BCUT2D eigenvalue weighted by atomic mass is 32.2. The van der Waals surface area contributed by atoms with Crippen molar-refractivity contribution >= 4 is 34.7 Å². The lowest BCUT2D eigenvalue weighted by Gasteiger charge is -2.20. The summed E-state index contributed by atoms with van der Waals surface area (Å²) in [5.41, 5.74) is 1.54. The molecule has 4 heterocycles. The van der Waals surface area contributed by atoms with Crippen LogP contribution in [0, 0.1) is 0 Å². The fraction of sp³-hybridized carbons (Fsp3) is 0.182. The number of hydrogen-bond donors (Lipinski definition) is 0. The monoisotopic (exact) mass is 466 g/mol. The van der Waals surface area contributed by atoms with Gasteiger partial charge in [-0.25, -0.2) is 5.01 Å². The SMILES string of the molecule is COc1ccc(-c2nnc(SCC(=O)N3N=C(c4ccco4)C[C@H]3c3cccs3)o2)cc1. The standard InChI is InChI=1S/C22H18N4O4S2/c1-28-15-8-6-14(7-9-15)21-23-24-22(30-21)32-13-20(27)26-17(19-5-3-11-31-19)12-16(25-26)18-4-2-10-29-18/h2-11,17H,12-13H2,1H3/t17-/m0/s1. The number of carbonyl (C=O) groups excluding carboxylic acids is 1. The third kappa shape index (κ3) is 4.19. The highest BCUT2D eigenvalue weighted by Gasteiger charge is 2.34. The molecule has 1 aliphatic heterocycles. The van der Waals surface area contributed by atoms with E-state index in [0.717, 1.165) is 21.9 Å². The Bertz CT molecular complexity index is 1220. The fourth-order valence-electron chi connectivity index (χ4n) is 3.34. The van der Waals surface area contributed by atoms with Crippen molar-refractivity contribution in [2.24, 2.45) is 5.10 Å². The van der Waals surface area contributed by atoms with Gasteiger partial charge in [0, 0.05) is 16.9 Å². The molecule has 1 amide bonds. The van der Waals surface area contributed by atoms with Gasteiger partial charge in [-0.1, -0.05) is 17.8 Å². The molecule has 1 atom stereocenters. The van der Waals surface area contributed by atoms with Gasteiger partial charge < -0.3 is 13.6 Å². The Kier molecular flexibility index (Phi) is 5.78. The molecule has 3 aromatic heterocycles. The molecular formula is C22H18N4O4S2. The molecule has 0 radical (unpaired) electrons. The van der Waals surface area contributed by atoms with Gasteiger partial charge in [-0.3, -0.25) is 4.79 Å². The Hall–Kier alpha value is -3.37. The smallest absolute Gasteiger partial charge is 0.277 e. The molecule has 0 unspecified atom stereocenters. The molecule has 0 saturated heterocycles. The maximum Gasteiger partial charge on any atom is 0.277 e. The molecule has 1 aliphatic rings. The summed E-state index contributed by atoms with van der Waals surface area (Å²) >= 11 is 2.80. The summed E-state index contributed by atoms with van der Waals surface area (Å²) < 4.78 is 16.4. The van der Waals surface area contributed by atoms with Gasteiger partial charge in [0.15, 0.2) is 0 Å². The van der Waals surface area contributed by atoms with Crippen molar-refractivity contribution < 1.29 is 18.4 Å². The number of methoxy groups -OCH3 is 1. The van der Waals surface area contributed by atoms with Crippen LogP contribution < -0.4 is 4.74 Å². The Morgan fingerprint density at radius 1 is 1.22 bits per heavy atom. The number of furan rings is 1. The van der Waals surface area contributed by atoms with Gasteiger partial charge in [0.2, 0.25) is 5.89 Å². The Morgan fingerprint density at radius 2 is 2.09 bits per heavy atom. The molecule has 4 aromatic rings. The molecule has 32 heavy (non-hydrogen) atoms. The minimum absolute atomic E-state index is 0.126. The Balaban J connectivity index is 1.28. The number of ether oxygens (including phenoxy) is 1. The second-order valence-corrected chi connectivity index (χ2v) is 8.79. The summed E-state index contributed by atoms with van der Waals surface area (Å²) in [4.78, 5) is 14.1. The number of thiophene rings is 1. The molecule has 8 nitrogen and oxygen atoms in total.